The van der Waals surface area contributed by atoms with Crippen molar-refractivity contribution in [2.24, 2.45) is 0 Å². The van der Waals surface area contributed by atoms with Crippen molar-refractivity contribution in [3.8, 4) is 5.75 Å². The molecular weight excluding hydrogens is 368 g/mol. The molecule has 1 aliphatic rings. The number of nitrogens with one attached hydrogen (secondary N) is 1. The van der Waals surface area contributed by atoms with E-state index in [4.69, 9.17) is 13.9 Å². The average molecular weight is 394 g/mol. The van der Waals surface area contributed by atoms with E-state index in [2.05, 4.69) is 11.9 Å². The van der Waals surface area contributed by atoms with Crippen LogP contribution in [-0.2, 0) is 17.8 Å². The van der Waals surface area contributed by atoms with Crippen LogP contribution in [0.2, 0.25) is 0 Å². The fourth-order valence-electron chi connectivity index (χ4n) is 3.74. The highest BCUT2D eigenvalue weighted by molar-refractivity contribution is 6.00. The smallest absolute Gasteiger partial charge is 0.268 e. The molecular formula is C23H26N2O4. The van der Waals surface area contributed by atoms with Crippen LogP contribution in [0.3, 0.4) is 0 Å². The minimum absolute atomic E-state index is 0.105. The molecule has 3 aromatic rings. The topological polar surface area (TPSA) is 65.6 Å². The van der Waals surface area contributed by atoms with Gasteiger partial charge >= 0.3 is 0 Å². The van der Waals surface area contributed by atoms with E-state index in [0.29, 0.717) is 31.2 Å². The number of amides is 1. The van der Waals surface area contributed by atoms with E-state index >= 15 is 0 Å². The van der Waals surface area contributed by atoms with Gasteiger partial charge < -0.3 is 23.8 Å². The van der Waals surface area contributed by atoms with Crippen molar-refractivity contribution < 1.29 is 18.7 Å². The Kier molecular flexibility index (Phi) is 6.00. The first-order chi connectivity index (χ1) is 14.3. The Morgan fingerprint density at radius 1 is 1.31 bits per heavy atom. The third-order valence-electron chi connectivity index (χ3n) is 5.16. The highest BCUT2D eigenvalue weighted by Crippen LogP contribution is 2.30. The third kappa shape index (κ3) is 4.38. The number of hydrogen-bond donors (Lipinski definition) is 1. The molecule has 0 bridgehead atoms. The van der Waals surface area contributed by atoms with E-state index in [0.717, 1.165) is 42.5 Å². The standard InChI is InChI=1S/C23H26N2O4/c1-2-11-29-22-10-5-9-20-19(22)14-21(23(26)24-15-17-8-6-13-27-17)25(20)16-18-7-3-4-12-28-18/h2,5-6,8-10,13-14,18H,1,3-4,7,11-12,15-16H2,(H,24,26). The zero-order valence-electron chi connectivity index (χ0n) is 16.4. The van der Waals surface area contributed by atoms with Gasteiger partial charge in [0.2, 0.25) is 0 Å². The van der Waals surface area contributed by atoms with Crippen LogP contribution < -0.4 is 10.1 Å². The molecule has 152 valence electrons. The number of benzene rings is 1. The van der Waals surface area contributed by atoms with E-state index in [1.165, 1.54) is 0 Å². The Balaban J connectivity index is 1.66. The molecule has 6 nitrogen and oxygen atoms in total. The summed E-state index contributed by atoms with van der Waals surface area (Å²) in [6.07, 6.45) is 6.66. The van der Waals surface area contributed by atoms with Crippen molar-refractivity contribution in [1.29, 1.82) is 0 Å². The summed E-state index contributed by atoms with van der Waals surface area (Å²) in [6, 6.07) is 11.4. The summed E-state index contributed by atoms with van der Waals surface area (Å²) in [5.41, 5.74) is 1.55. The minimum Gasteiger partial charge on any atom is -0.489 e. The molecule has 1 amide bonds. The molecule has 1 saturated heterocycles. The lowest BCUT2D eigenvalue weighted by Crippen LogP contribution is -2.29. The maximum absolute atomic E-state index is 13.0. The summed E-state index contributed by atoms with van der Waals surface area (Å²) in [6.45, 7) is 5.88. The molecule has 0 radical (unpaired) electrons. The van der Waals surface area contributed by atoms with Gasteiger partial charge in [-0.25, -0.2) is 0 Å². The van der Waals surface area contributed by atoms with Gasteiger partial charge in [-0.15, -0.1) is 0 Å². The number of hydrogen-bond acceptors (Lipinski definition) is 4. The molecule has 0 aliphatic carbocycles. The van der Waals surface area contributed by atoms with Crippen molar-refractivity contribution in [2.45, 2.75) is 38.5 Å². The second-order valence-electron chi connectivity index (χ2n) is 7.18. The Morgan fingerprint density at radius 3 is 3.00 bits per heavy atom. The number of aromatic nitrogens is 1. The van der Waals surface area contributed by atoms with E-state index in [1.807, 2.05) is 41.0 Å². The second kappa shape index (κ2) is 9.01. The molecule has 6 heteroatoms. The van der Waals surface area contributed by atoms with Gasteiger partial charge in [-0.05, 0) is 49.6 Å². The van der Waals surface area contributed by atoms with Crippen LogP contribution in [0.4, 0.5) is 0 Å². The molecule has 1 aromatic carbocycles. The van der Waals surface area contributed by atoms with Crippen LogP contribution in [0.15, 0.2) is 59.7 Å². The van der Waals surface area contributed by atoms with E-state index in [-0.39, 0.29) is 12.0 Å². The minimum atomic E-state index is -0.150. The summed E-state index contributed by atoms with van der Waals surface area (Å²) in [4.78, 5) is 13.0. The molecule has 0 spiro atoms. The summed E-state index contributed by atoms with van der Waals surface area (Å²) in [5.74, 6) is 1.31. The van der Waals surface area contributed by atoms with Crippen LogP contribution in [-0.4, -0.2) is 29.8 Å². The van der Waals surface area contributed by atoms with Crippen LogP contribution in [0, 0.1) is 0 Å². The fraction of sp³-hybridized carbons (Fsp3) is 0.348. The van der Waals surface area contributed by atoms with Gasteiger partial charge in [-0.1, -0.05) is 18.7 Å². The maximum atomic E-state index is 13.0. The normalized spacial score (nSPS) is 16.6. The lowest BCUT2D eigenvalue weighted by molar-refractivity contribution is 0.00637. The highest BCUT2D eigenvalue weighted by Gasteiger charge is 2.22. The number of ether oxygens (including phenoxy) is 2. The Bertz CT molecular complexity index is 968. The Labute approximate surface area is 170 Å². The first-order valence-electron chi connectivity index (χ1n) is 10.0. The number of nitrogens with zero attached hydrogens (tertiary/aromatic N) is 1. The molecule has 0 saturated carbocycles. The van der Waals surface area contributed by atoms with Gasteiger partial charge in [0.15, 0.2) is 0 Å². The average Bonchev–Trinajstić information content (AvgIpc) is 3.40. The SMILES string of the molecule is C=CCOc1cccc2c1cc(C(=O)NCc1ccco1)n2CC1CCCCO1. The first kappa shape index (κ1) is 19.3. The monoisotopic (exact) mass is 394 g/mol. The number of carbonyl (C=O) groups excluding carboxylic acids is 1. The predicted molar refractivity (Wildman–Crippen MR) is 111 cm³/mol. The van der Waals surface area contributed by atoms with E-state index < -0.39 is 0 Å². The van der Waals surface area contributed by atoms with E-state index in [1.54, 1.807) is 12.3 Å². The molecule has 1 aliphatic heterocycles. The van der Waals surface area contributed by atoms with Gasteiger partial charge in [0.25, 0.3) is 5.91 Å². The third-order valence-corrected chi connectivity index (χ3v) is 5.16. The molecule has 3 heterocycles. The molecule has 4 rings (SSSR count). The molecule has 29 heavy (non-hydrogen) atoms. The molecule has 1 unspecified atom stereocenters. The predicted octanol–water partition coefficient (Wildman–Crippen LogP) is 4.30. The van der Waals surface area contributed by atoms with Gasteiger partial charge in [-0.3, -0.25) is 4.79 Å². The van der Waals surface area contributed by atoms with Crippen molar-refractivity contribution >= 4 is 16.8 Å². The summed E-state index contributed by atoms with van der Waals surface area (Å²) in [7, 11) is 0. The number of fused-ring (bicyclic) bond motifs is 1. The lowest BCUT2D eigenvalue weighted by atomic mass is 10.1. The van der Waals surface area contributed by atoms with Gasteiger partial charge in [0, 0.05) is 18.5 Å². The highest BCUT2D eigenvalue weighted by atomic mass is 16.5. The molecule has 1 atom stereocenters. The van der Waals surface area contributed by atoms with Crippen LogP contribution in [0.5, 0.6) is 5.75 Å². The van der Waals surface area contributed by atoms with E-state index in [9.17, 15) is 4.79 Å². The van der Waals surface area contributed by atoms with Crippen molar-refractivity contribution in [2.75, 3.05) is 13.2 Å². The van der Waals surface area contributed by atoms with Gasteiger partial charge in [0.05, 0.1) is 24.4 Å². The molecule has 2 aromatic heterocycles. The molecule has 1 N–H and O–H groups in total. The van der Waals surface area contributed by atoms with Crippen LogP contribution in [0.25, 0.3) is 10.9 Å². The summed E-state index contributed by atoms with van der Waals surface area (Å²) >= 11 is 0. The Morgan fingerprint density at radius 2 is 2.24 bits per heavy atom. The van der Waals surface area contributed by atoms with Gasteiger partial charge in [-0.2, -0.15) is 0 Å². The quantitative estimate of drug-likeness (QED) is 0.579. The molecule has 1 fully saturated rings. The van der Waals surface area contributed by atoms with Gasteiger partial charge in [0.1, 0.15) is 23.8 Å². The largest absolute Gasteiger partial charge is 0.489 e. The van der Waals surface area contributed by atoms with Crippen molar-refractivity contribution in [1.82, 2.24) is 9.88 Å². The zero-order valence-corrected chi connectivity index (χ0v) is 16.4. The summed E-state index contributed by atoms with van der Waals surface area (Å²) < 4.78 is 19.1. The fourth-order valence-corrected chi connectivity index (χ4v) is 3.74. The van der Waals surface area contributed by atoms with Crippen molar-refractivity contribution in [3.05, 3.63) is 66.8 Å². The Hall–Kier alpha value is -2.99. The second-order valence-corrected chi connectivity index (χ2v) is 7.18. The van der Waals surface area contributed by atoms with Crippen LogP contribution >= 0.6 is 0 Å². The lowest BCUT2D eigenvalue weighted by Gasteiger charge is -2.24. The number of furan rings is 1. The zero-order chi connectivity index (χ0) is 20.1. The number of rotatable bonds is 8. The van der Waals surface area contributed by atoms with Crippen molar-refractivity contribution in [3.63, 3.8) is 0 Å². The van der Waals surface area contributed by atoms with Crippen LogP contribution in [0.1, 0.15) is 35.5 Å². The number of carbonyl (C=O) groups is 1. The maximum Gasteiger partial charge on any atom is 0.268 e. The summed E-state index contributed by atoms with van der Waals surface area (Å²) in [5, 5.41) is 3.86. The first-order valence-corrected chi connectivity index (χ1v) is 10.0.